The van der Waals surface area contributed by atoms with Crippen molar-refractivity contribution in [2.75, 3.05) is 25.0 Å². The zero-order valence-corrected chi connectivity index (χ0v) is 16.2. The number of aliphatic hydroxyl groups excluding tert-OH is 1. The Kier molecular flexibility index (Phi) is 6.66. The second-order valence-corrected chi connectivity index (χ2v) is 7.20. The first-order chi connectivity index (χ1) is 13.5. The van der Waals surface area contributed by atoms with Crippen molar-refractivity contribution < 1.29 is 14.6 Å². The minimum absolute atomic E-state index is 0.102. The summed E-state index contributed by atoms with van der Waals surface area (Å²) in [5, 5.41) is 13.5. The fourth-order valence-corrected chi connectivity index (χ4v) is 3.30. The summed E-state index contributed by atoms with van der Waals surface area (Å²) < 4.78 is 5.71. The van der Waals surface area contributed by atoms with Gasteiger partial charge in [0.25, 0.3) is 0 Å². The maximum absolute atomic E-state index is 12.7. The Morgan fingerprint density at radius 1 is 1.29 bits per heavy atom. The molecule has 28 heavy (non-hydrogen) atoms. The topological polar surface area (TPSA) is 74.7 Å². The Morgan fingerprint density at radius 3 is 2.68 bits per heavy atom. The summed E-state index contributed by atoms with van der Waals surface area (Å²) in [4.78, 5) is 18.7. The van der Waals surface area contributed by atoms with Gasteiger partial charge in [0.15, 0.2) is 0 Å². The number of benzene rings is 1. The summed E-state index contributed by atoms with van der Waals surface area (Å²) >= 11 is 0. The van der Waals surface area contributed by atoms with Gasteiger partial charge in [-0.15, -0.1) is 0 Å². The van der Waals surface area contributed by atoms with E-state index in [0.29, 0.717) is 36.8 Å². The van der Waals surface area contributed by atoms with Gasteiger partial charge in [0.05, 0.1) is 17.5 Å². The number of pyridine rings is 1. The molecule has 6 heteroatoms. The molecule has 0 spiro atoms. The molecule has 0 bridgehead atoms. The number of anilines is 1. The van der Waals surface area contributed by atoms with Gasteiger partial charge in [-0.1, -0.05) is 24.8 Å². The minimum atomic E-state index is -0.595. The lowest BCUT2D eigenvalue weighted by Crippen LogP contribution is -2.42. The monoisotopic (exact) mass is 381 g/mol. The van der Waals surface area contributed by atoms with Crippen LogP contribution >= 0.6 is 0 Å². The third-order valence-electron chi connectivity index (χ3n) is 4.87. The van der Waals surface area contributed by atoms with Crippen LogP contribution in [-0.4, -0.2) is 40.7 Å². The van der Waals surface area contributed by atoms with E-state index in [2.05, 4.69) is 16.9 Å². The number of ether oxygens (including phenoxy) is 1. The first-order valence-corrected chi connectivity index (χ1v) is 9.55. The van der Waals surface area contributed by atoms with Crippen LogP contribution in [0.25, 0.3) is 0 Å². The molecule has 0 saturated carbocycles. The quantitative estimate of drug-likeness (QED) is 0.742. The van der Waals surface area contributed by atoms with Crippen molar-refractivity contribution in [1.82, 2.24) is 9.88 Å². The number of aromatic nitrogens is 1. The maximum Gasteiger partial charge on any atom is 0.321 e. The van der Waals surface area contributed by atoms with Crippen LogP contribution in [0.15, 0.2) is 60.8 Å². The van der Waals surface area contributed by atoms with E-state index in [0.717, 1.165) is 18.4 Å². The van der Waals surface area contributed by atoms with Gasteiger partial charge in [0.2, 0.25) is 0 Å². The first kappa shape index (κ1) is 19.9. The summed E-state index contributed by atoms with van der Waals surface area (Å²) in [6.45, 7) is 7.32. The number of carbonyl (C=O) groups is 1. The van der Waals surface area contributed by atoms with Crippen molar-refractivity contribution in [1.29, 1.82) is 0 Å². The van der Waals surface area contributed by atoms with Crippen molar-refractivity contribution in [2.24, 2.45) is 5.92 Å². The van der Waals surface area contributed by atoms with Crippen LogP contribution in [0.5, 0.6) is 5.75 Å². The van der Waals surface area contributed by atoms with E-state index in [-0.39, 0.29) is 11.9 Å². The molecule has 1 unspecified atom stereocenters. The molecule has 1 saturated heterocycles. The van der Waals surface area contributed by atoms with E-state index in [1.165, 1.54) is 0 Å². The van der Waals surface area contributed by atoms with Gasteiger partial charge in [0, 0.05) is 19.3 Å². The normalized spacial score (nSPS) is 15.7. The predicted molar refractivity (Wildman–Crippen MR) is 109 cm³/mol. The minimum Gasteiger partial charge on any atom is -0.487 e. The van der Waals surface area contributed by atoms with Gasteiger partial charge >= 0.3 is 6.03 Å². The van der Waals surface area contributed by atoms with E-state index < -0.39 is 6.10 Å². The van der Waals surface area contributed by atoms with Crippen LogP contribution in [0.1, 0.15) is 31.6 Å². The van der Waals surface area contributed by atoms with Crippen molar-refractivity contribution in [3.63, 3.8) is 0 Å². The van der Waals surface area contributed by atoms with E-state index in [1.54, 1.807) is 11.1 Å². The largest absolute Gasteiger partial charge is 0.487 e. The van der Waals surface area contributed by atoms with Crippen molar-refractivity contribution in [2.45, 2.75) is 25.9 Å². The summed E-state index contributed by atoms with van der Waals surface area (Å²) in [6, 6.07) is 12.8. The number of urea groups is 1. The molecule has 1 aliphatic rings. The van der Waals surface area contributed by atoms with E-state index >= 15 is 0 Å². The highest BCUT2D eigenvalue weighted by Gasteiger charge is 2.29. The second-order valence-electron chi connectivity index (χ2n) is 7.20. The first-order valence-electron chi connectivity index (χ1n) is 9.55. The summed E-state index contributed by atoms with van der Waals surface area (Å²) in [7, 11) is 0. The SMILES string of the molecule is C=C(C)COc1ccccc1NC(=O)N1CCC(C(O)c2ccccn2)CC1. The third-order valence-corrected chi connectivity index (χ3v) is 4.87. The van der Waals surface area contributed by atoms with Crippen LogP contribution in [0.3, 0.4) is 0 Å². The smallest absolute Gasteiger partial charge is 0.321 e. The van der Waals surface area contributed by atoms with Gasteiger partial charge in [-0.2, -0.15) is 0 Å². The fourth-order valence-electron chi connectivity index (χ4n) is 3.30. The number of nitrogens with zero attached hydrogens (tertiary/aromatic N) is 2. The van der Waals surface area contributed by atoms with E-state index in [9.17, 15) is 9.90 Å². The van der Waals surface area contributed by atoms with Crippen LogP contribution in [0.2, 0.25) is 0 Å². The Hall–Kier alpha value is -2.86. The number of para-hydroxylation sites is 2. The zero-order chi connectivity index (χ0) is 19.9. The van der Waals surface area contributed by atoms with Crippen LogP contribution in [0, 0.1) is 5.92 Å². The maximum atomic E-state index is 12.7. The molecule has 6 nitrogen and oxygen atoms in total. The summed E-state index contributed by atoms with van der Waals surface area (Å²) in [6.07, 6.45) is 2.56. The lowest BCUT2D eigenvalue weighted by molar-refractivity contribution is 0.0652. The Morgan fingerprint density at radius 2 is 2.00 bits per heavy atom. The average Bonchev–Trinajstić information content (AvgIpc) is 2.73. The molecule has 0 radical (unpaired) electrons. The summed E-state index contributed by atoms with van der Waals surface area (Å²) in [5.74, 6) is 0.726. The molecule has 0 aliphatic carbocycles. The number of carbonyl (C=O) groups excluding carboxylic acids is 1. The molecule has 2 heterocycles. The molecule has 1 aromatic heterocycles. The fraction of sp³-hybridized carbons (Fsp3) is 0.364. The number of rotatable bonds is 6. The lowest BCUT2D eigenvalue weighted by atomic mass is 9.89. The molecule has 2 amide bonds. The molecular weight excluding hydrogens is 354 g/mol. The number of amides is 2. The lowest BCUT2D eigenvalue weighted by Gasteiger charge is -2.34. The number of piperidine rings is 1. The van der Waals surface area contributed by atoms with Gasteiger partial charge in [-0.25, -0.2) is 4.79 Å². The number of hydrogen-bond donors (Lipinski definition) is 2. The molecule has 1 aromatic carbocycles. The number of hydrogen-bond acceptors (Lipinski definition) is 4. The molecule has 148 valence electrons. The van der Waals surface area contributed by atoms with E-state index in [1.807, 2.05) is 49.4 Å². The zero-order valence-electron chi connectivity index (χ0n) is 16.2. The number of nitrogens with one attached hydrogen (secondary N) is 1. The molecule has 3 rings (SSSR count). The third kappa shape index (κ3) is 5.10. The van der Waals surface area contributed by atoms with Crippen molar-refractivity contribution in [3.05, 3.63) is 66.5 Å². The number of aliphatic hydroxyl groups is 1. The van der Waals surface area contributed by atoms with Gasteiger partial charge < -0.3 is 20.1 Å². The number of likely N-dealkylation sites (tertiary alicyclic amines) is 1. The Labute approximate surface area is 165 Å². The highest BCUT2D eigenvalue weighted by atomic mass is 16.5. The molecule has 1 atom stereocenters. The standard InChI is InChI=1S/C22H27N3O3/c1-16(2)15-28-20-9-4-3-7-18(20)24-22(27)25-13-10-17(11-14-25)21(26)19-8-5-6-12-23-19/h3-9,12,17,21,26H,1,10-11,13-15H2,2H3,(H,24,27). The molecule has 2 aromatic rings. The van der Waals surface area contributed by atoms with Crippen molar-refractivity contribution >= 4 is 11.7 Å². The van der Waals surface area contributed by atoms with Gasteiger partial charge in [-0.3, -0.25) is 4.98 Å². The highest BCUT2D eigenvalue weighted by molar-refractivity contribution is 5.91. The molecule has 1 fully saturated rings. The average molecular weight is 381 g/mol. The van der Waals surface area contributed by atoms with Gasteiger partial charge in [-0.05, 0) is 55.5 Å². The summed E-state index contributed by atoms with van der Waals surface area (Å²) in [5.41, 5.74) is 2.24. The second kappa shape index (κ2) is 9.37. The van der Waals surface area contributed by atoms with Crippen LogP contribution in [0.4, 0.5) is 10.5 Å². The van der Waals surface area contributed by atoms with Gasteiger partial charge in [0.1, 0.15) is 12.4 Å². The predicted octanol–water partition coefficient (Wildman–Crippen LogP) is 4.01. The Bertz CT molecular complexity index is 802. The van der Waals surface area contributed by atoms with Crippen molar-refractivity contribution in [3.8, 4) is 5.75 Å². The molecule has 2 N–H and O–H groups in total. The van der Waals surface area contributed by atoms with Crippen LogP contribution in [-0.2, 0) is 0 Å². The molecule has 1 aliphatic heterocycles. The van der Waals surface area contributed by atoms with E-state index in [4.69, 9.17) is 4.74 Å². The van der Waals surface area contributed by atoms with Crippen LogP contribution < -0.4 is 10.1 Å². The Balaban J connectivity index is 1.55. The molecular formula is C22H27N3O3. The highest BCUT2D eigenvalue weighted by Crippen LogP contribution is 2.30.